The number of hydrogen-bond donors (Lipinski definition) is 1. The second-order valence-corrected chi connectivity index (χ2v) is 8.24. The van der Waals surface area contributed by atoms with Crippen molar-refractivity contribution in [2.75, 3.05) is 26.3 Å². The molecule has 2 aliphatic rings. The summed E-state index contributed by atoms with van der Waals surface area (Å²) in [4.78, 5) is 38.6. The van der Waals surface area contributed by atoms with Gasteiger partial charge in [0.05, 0.1) is 11.3 Å². The fourth-order valence-corrected chi connectivity index (χ4v) is 4.12. The summed E-state index contributed by atoms with van der Waals surface area (Å²) in [5.41, 5.74) is 2.79. The lowest BCUT2D eigenvalue weighted by Crippen LogP contribution is -2.37. The summed E-state index contributed by atoms with van der Waals surface area (Å²) in [7, 11) is 0. The lowest BCUT2D eigenvalue weighted by molar-refractivity contribution is -0.124. The summed E-state index contributed by atoms with van der Waals surface area (Å²) >= 11 is 0.915. The Bertz CT molecular complexity index is 1050. The first-order valence-corrected chi connectivity index (χ1v) is 10.8. The zero-order valence-corrected chi connectivity index (χ0v) is 17.9. The van der Waals surface area contributed by atoms with Crippen molar-refractivity contribution in [2.24, 2.45) is 0 Å². The number of ether oxygens (including phenoxy) is 2. The molecule has 0 aromatic heterocycles. The second kappa shape index (κ2) is 9.26. The monoisotopic (exact) mass is 438 g/mol. The number of rotatable bonds is 6. The number of thioether (sulfide) groups is 1. The van der Waals surface area contributed by atoms with Gasteiger partial charge >= 0.3 is 0 Å². The largest absolute Gasteiger partial charge is 0.486 e. The number of fused-ring (bicyclic) bond motifs is 1. The first-order valence-electron chi connectivity index (χ1n) is 9.97. The molecule has 0 atom stereocenters. The van der Waals surface area contributed by atoms with Gasteiger partial charge in [0, 0.05) is 13.1 Å². The van der Waals surface area contributed by atoms with E-state index in [9.17, 15) is 14.4 Å². The summed E-state index contributed by atoms with van der Waals surface area (Å²) in [6.07, 6.45) is 1.89. The minimum absolute atomic E-state index is 0.128. The summed E-state index contributed by atoms with van der Waals surface area (Å²) in [6, 6.07) is 13.1. The highest BCUT2D eigenvalue weighted by molar-refractivity contribution is 8.18. The van der Waals surface area contributed by atoms with Gasteiger partial charge in [-0.1, -0.05) is 35.9 Å². The maximum Gasteiger partial charge on any atom is 0.293 e. The molecule has 0 saturated carbocycles. The quantitative estimate of drug-likeness (QED) is 0.698. The number of nitrogens with one attached hydrogen (secondary N) is 1. The Morgan fingerprint density at radius 3 is 2.61 bits per heavy atom. The summed E-state index contributed by atoms with van der Waals surface area (Å²) in [5, 5.41) is 2.43. The zero-order chi connectivity index (χ0) is 21.8. The van der Waals surface area contributed by atoms with Crippen molar-refractivity contribution in [1.82, 2.24) is 10.2 Å². The van der Waals surface area contributed by atoms with Gasteiger partial charge in [0.2, 0.25) is 5.91 Å². The smallest absolute Gasteiger partial charge is 0.293 e. The summed E-state index contributed by atoms with van der Waals surface area (Å²) in [6.45, 7) is 3.31. The normalized spacial score (nSPS) is 16.7. The molecule has 0 spiro atoms. The Balaban J connectivity index is 1.29. The van der Waals surface area contributed by atoms with Crippen LogP contribution in [0, 0.1) is 6.92 Å². The minimum Gasteiger partial charge on any atom is -0.486 e. The molecule has 160 valence electrons. The fourth-order valence-electron chi connectivity index (χ4n) is 3.26. The van der Waals surface area contributed by atoms with E-state index in [1.54, 1.807) is 18.2 Å². The Kier molecular flexibility index (Phi) is 6.27. The van der Waals surface area contributed by atoms with E-state index in [0.717, 1.165) is 33.4 Å². The lowest BCUT2D eigenvalue weighted by atomic mass is 10.1. The average Bonchev–Trinajstić information content (AvgIpc) is 3.02. The van der Waals surface area contributed by atoms with Crippen LogP contribution in [-0.4, -0.2) is 48.3 Å². The van der Waals surface area contributed by atoms with Crippen LogP contribution >= 0.6 is 11.8 Å². The van der Waals surface area contributed by atoms with Gasteiger partial charge < -0.3 is 14.8 Å². The van der Waals surface area contributed by atoms with E-state index in [0.29, 0.717) is 29.6 Å². The van der Waals surface area contributed by atoms with Crippen LogP contribution in [0.5, 0.6) is 11.5 Å². The van der Waals surface area contributed by atoms with Crippen LogP contribution in [0.2, 0.25) is 0 Å². The number of nitrogens with zero attached hydrogens (tertiary/aromatic N) is 1. The first kappa shape index (κ1) is 21.0. The van der Waals surface area contributed by atoms with Crippen LogP contribution in [-0.2, 0) is 16.0 Å². The van der Waals surface area contributed by atoms with Crippen molar-refractivity contribution in [3.05, 3.63) is 64.1 Å². The van der Waals surface area contributed by atoms with E-state index >= 15 is 0 Å². The maximum absolute atomic E-state index is 12.6. The fraction of sp³-hybridized carbons (Fsp3) is 0.261. The van der Waals surface area contributed by atoms with Gasteiger partial charge in [-0.05, 0) is 48.0 Å². The van der Waals surface area contributed by atoms with E-state index < -0.39 is 0 Å². The predicted molar refractivity (Wildman–Crippen MR) is 118 cm³/mol. The molecule has 1 saturated heterocycles. The molecule has 0 aliphatic carbocycles. The number of hydrogen-bond acceptors (Lipinski definition) is 6. The van der Waals surface area contributed by atoms with Gasteiger partial charge in [-0.2, -0.15) is 0 Å². The summed E-state index contributed by atoms with van der Waals surface area (Å²) in [5.74, 6) is 0.777. The van der Waals surface area contributed by atoms with Crippen molar-refractivity contribution < 1.29 is 23.9 Å². The highest BCUT2D eigenvalue weighted by Crippen LogP contribution is 2.32. The molecule has 0 bridgehead atoms. The van der Waals surface area contributed by atoms with Gasteiger partial charge in [-0.15, -0.1) is 0 Å². The molecular formula is C23H22N2O5S. The molecule has 0 unspecified atom stereocenters. The molecule has 31 heavy (non-hydrogen) atoms. The van der Waals surface area contributed by atoms with E-state index in [1.807, 2.05) is 37.3 Å². The third kappa shape index (κ3) is 5.08. The number of carbonyl (C=O) groups is 3. The highest BCUT2D eigenvalue weighted by atomic mass is 32.2. The standard InChI is InChI=1S/C23H22N2O5S/c1-15-2-4-16(5-3-15)13-20-22(27)25(23(28)31-20)9-8-24-21(26)14-17-6-7-18-19(12-17)30-11-10-29-18/h2-7,12-13H,8-11,14H2,1H3,(H,24,26). The first-order chi connectivity index (χ1) is 15.0. The Morgan fingerprint density at radius 1 is 1.10 bits per heavy atom. The van der Waals surface area contributed by atoms with Crippen molar-refractivity contribution in [1.29, 1.82) is 0 Å². The number of imide groups is 1. The Labute approximate surface area is 184 Å². The number of aryl methyl sites for hydroxylation is 1. The minimum atomic E-state index is -0.336. The number of benzene rings is 2. The SMILES string of the molecule is Cc1ccc(C=C2SC(=O)N(CCNC(=O)Cc3ccc4c(c3)OCCO4)C2=O)cc1. The van der Waals surface area contributed by atoms with Gasteiger partial charge in [0.25, 0.3) is 11.1 Å². The van der Waals surface area contributed by atoms with Crippen molar-refractivity contribution in [2.45, 2.75) is 13.3 Å². The average molecular weight is 439 g/mol. The molecule has 0 radical (unpaired) electrons. The predicted octanol–water partition coefficient (Wildman–Crippen LogP) is 3.16. The van der Waals surface area contributed by atoms with E-state index in [-0.39, 0.29) is 36.6 Å². The van der Waals surface area contributed by atoms with Gasteiger partial charge in [-0.3, -0.25) is 19.3 Å². The third-order valence-corrected chi connectivity index (χ3v) is 5.78. The number of carbonyl (C=O) groups excluding carboxylic acids is 3. The molecule has 1 N–H and O–H groups in total. The highest BCUT2D eigenvalue weighted by Gasteiger charge is 2.34. The molecule has 7 nitrogen and oxygen atoms in total. The third-order valence-electron chi connectivity index (χ3n) is 4.88. The van der Waals surface area contributed by atoms with Crippen molar-refractivity contribution >= 4 is 34.9 Å². The lowest BCUT2D eigenvalue weighted by Gasteiger charge is -2.18. The molecule has 2 aromatic rings. The van der Waals surface area contributed by atoms with Crippen LogP contribution in [0.4, 0.5) is 4.79 Å². The zero-order valence-electron chi connectivity index (χ0n) is 17.1. The molecule has 8 heteroatoms. The summed E-state index contributed by atoms with van der Waals surface area (Å²) < 4.78 is 11.0. The van der Waals surface area contributed by atoms with Crippen LogP contribution < -0.4 is 14.8 Å². The van der Waals surface area contributed by atoms with E-state index in [1.165, 1.54) is 0 Å². The Morgan fingerprint density at radius 2 is 1.84 bits per heavy atom. The number of amides is 3. The van der Waals surface area contributed by atoms with Crippen LogP contribution in [0.3, 0.4) is 0 Å². The molecule has 3 amide bonds. The molecule has 4 rings (SSSR count). The van der Waals surface area contributed by atoms with E-state index in [2.05, 4.69) is 5.32 Å². The topological polar surface area (TPSA) is 84.9 Å². The van der Waals surface area contributed by atoms with Gasteiger partial charge in [0.15, 0.2) is 11.5 Å². The van der Waals surface area contributed by atoms with Crippen LogP contribution in [0.25, 0.3) is 6.08 Å². The van der Waals surface area contributed by atoms with E-state index in [4.69, 9.17) is 9.47 Å². The van der Waals surface area contributed by atoms with Crippen LogP contribution in [0.1, 0.15) is 16.7 Å². The van der Waals surface area contributed by atoms with Crippen molar-refractivity contribution in [3.63, 3.8) is 0 Å². The van der Waals surface area contributed by atoms with Gasteiger partial charge in [0.1, 0.15) is 13.2 Å². The molecular weight excluding hydrogens is 416 g/mol. The van der Waals surface area contributed by atoms with Crippen molar-refractivity contribution in [3.8, 4) is 11.5 Å². The molecule has 1 fully saturated rings. The van der Waals surface area contributed by atoms with Crippen LogP contribution in [0.15, 0.2) is 47.4 Å². The Hall–Kier alpha value is -3.26. The maximum atomic E-state index is 12.6. The molecule has 2 aromatic carbocycles. The second-order valence-electron chi connectivity index (χ2n) is 7.25. The molecule has 2 aliphatic heterocycles. The van der Waals surface area contributed by atoms with Gasteiger partial charge in [-0.25, -0.2) is 0 Å². The molecule has 2 heterocycles.